The van der Waals surface area contributed by atoms with Crippen molar-refractivity contribution in [3.63, 3.8) is 0 Å². The van der Waals surface area contributed by atoms with Gasteiger partial charge in [0.2, 0.25) is 0 Å². The lowest BCUT2D eigenvalue weighted by Gasteiger charge is -2.13. The van der Waals surface area contributed by atoms with Gasteiger partial charge in [-0.25, -0.2) is 4.98 Å². The zero-order valence-electron chi connectivity index (χ0n) is 9.33. The number of nitrogens with zero attached hydrogens (tertiary/aromatic N) is 2. The summed E-state index contributed by atoms with van der Waals surface area (Å²) in [6.07, 6.45) is 5.08. The summed E-state index contributed by atoms with van der Waals surface area (Å²) in [6.45, 7) is 3.95. The van der Waals surface area contributed by atoms with Crippen LogP contribution >= 0.6 is 0 Å². The molecule has 2 atom stereocenters. The second-order valence-electron chi connectivity index (χ2n) is 4.34. The largest absolute Gasteiger partial charge is 0.366 e. The Morgan fingerprint density at radius 3 is 2.73 bits per heavy atom. The Morgan fingerprint density at radius 1 is 1.33 bits per heavy atom. The molecule has 1 aromatic rings. The molecule has 0 radical (unpaired) electrons. The number of rotatable bonds is 2. The second kappa shape index (κ2) is 4.14. The molecule has 2 rings (SSSR count). The highest BCUT2D eigenvalue weighted by Crippen LogP contribution is 2.20. The van der Waals surface area contributed by atoms with Crippen LogP contribution in [0.1, 0.15) is 30.7 Å². The zero-order valence-corrected chi connectivity index (χ0v) is 9.33. The van der Waals surface area contributed by atoms with Gasteiger partial charge < -0.3 is 11.1 Å². The Hall–Kier alpha value is -1.16. The van der Waals surface area contributed by atoms with Gasteiger partial charge in [0.1, 0.15) is 5.82 Å². The average molecular weight is 206 g/mol. The van der Waals surface area contributed by atoms with Crippen LogP contribution in [0.2, 0.25) is 0 Å². The Balaban J connectivity index is 2.02. The van der Waals surface area contributed by atoms with Gasteiger partial charge in [-0.3, -0.25) is 4.98 Å². The van der Waals surface area contributed by atoms with Crippen LogP contribution in [0.25, 0.3) is 0 Å². The molecule has 0 aromatic carbocycles. The maximum absolute atomic E-state index is 5.86. The quantitative estimate of drug-likeness (QED) is 0.767. The summed E-state index contributed by atoms with van der Waals surface area (Å²) >= 11 is 0. The first-order chi connectivity index (χ1) is 7.15. The van der Waals surface area contributed by atoms with E-state index in [0.717, 1.165) is 36.5 Å². The van der Waals surface area contributed by atoms with E-state index in [4.69, 9.17) is 5.73 Å². The molecule has 1 fully saturated rings. The van der Waals surface area contributed by atoms with Gasteiger partial charge in [-0.15, -0.1) is 0 Å². The average Bonchev–Trinajstić information content (AvgIpc) is 2.58. The molecule has 15 heavy (non-hydrogen) atoms. The highest BCUT2D eigenvalue weighted by molar-refractivity contribution is 5.34. The van der Waals surface area contributed by atoms with E-state index in [1.165, 1.54) is 0 Å². The SMILES string of the molecule is Cc1ncc(NC2CCC(N)C2)nc1C. The third-order valence-electron chi connectivity index (χ3n) is 3.02. The van der Waals surface area contributed by atoms with Crippen LogP contribution in [0.15, 0.2) is 6.20 Å². The summed E-state index contributed by atoms with van der Waals surface area (Å²) in [5.41, 5.74) is 7.83. The molecule has 0 saturated heterocycles. The monoisotopic (exact) mass is 206 g/mol. The minimum atomic E-state index is 0.349. The van der Waals surface area contributed by atoms with Crippen LogP contribution in [0.4, 0.5) is 5.82 Å². The molecule has 3 N–H and O–H groups in total. The van der Waals surface area contributed by atoms with E-state index in [0.29, 0.717) is 12.1 Å². The van der Waals surface area contributed by atoms with Crippen molar-refractivity contribution in [2.45, 2.75) is 45.2 Å². The van der Waals surface area contributed by atoms with Crippen LogP contribution in [-0.2, 0) is 0 Å². The summed E-state index contributed by atoms with van der Waals surface area (Å²) in [6, 6.07) is 0.818. The second-order valence-corrected chi connectivity index (χ2v) is 4.34. The fraction of sp³-hybridized carbons (Fsp3) is 0.636. The van der Waals surface area contributed by atoms with Gasteiger partial charge in [-0.2, -0.15) is 0 Å². The lowest BCUT2D eigenvalue weighted by atomic mass is 10.2. The van der Waals surface area contributed by atoms with E-state index in [9.17, 15) is 0 Å². The van der Waals surface area contributed by atoms with Gasteiger partial charge in [0.05, 0.1) is 17.6 Å². The molecular formula is C11H18N4. The Morgan fingerprint density at radius 2 is 2.13 bits per heavy atom. The molecule has 4 heteroatoms. The molecule has 1 heterocycles. The van der Waals surface area contributed by atoms with Gasteiger partial charge in [0.25, 0.3) is 0 Å². The highest BCUT2D eigenvalue weighted by atomic mass is 15.0. The van der Waals surface area contributed by atoms with Gasteiger partial charge in [0.15, 0.2) is 0 Å². The molecule has 0 spiro atoms. The maximum atomic E-state index is 5.86. The van der Waals surface area contributed by atoms with Crippen LogP contribution in [-0.4, -0.2) is 22.1 Å². The minimum absolute atomic E-state index is 0.349. The Bertz CT molecular complexity index is 350. The molecule has 0 bridgehead atoms. The summed E-state index contributed by atoms with van der Waals surface area (Å²) in [7, 11) is 0. The van der Waals surface area contributed by atoms with E-state index in [2.05, 4.69) is 15.3 Å². The topological polar surface area (TPSA) is 63.8 Å². The van der Waals surface area contributed by atoms with Crippen molar-refractivity contribution in [1.29, 1.82) is 0 Å². The molecule has 1 aliphatic carbocycles. The summed E-state index contributed by atoms with van der Waals surface area (Å²) in [4.78, 5) is 8.73. The van der Waals surface area contributed by atoms with E-state index in [1.807, 2.05) is 13.8 Å². The number of nitrogens with one attached hydrogen (secondary N) is 1. The Labute approximate surface area is 90.3 Å². The zero-order chi connectivity index (χ0) is 10.8. The van der Waals surface area contributed by atoms with Gasteiger partial charge in [0, 0.05) is 12.1 Å². The normalized spacial score (nSPS) is 25.5. The van der Waals surface area contributed by atoms with Crippen LogP contribution in [0.5, 0.6) is 0 Å². The first kappa shape index (κ1) is 10.4. The number of hydrogen-bond donors (Lipinski definition) is 2. The molecule has 0 amide bonds. The van der Waals surface area contributed by atoms with Gasteiger partial charge in [-0.1, -0.05) is 0 Å². The molecule has 82 valence electrons. The Kier molecular flexibility index (Phi) is 2.86. The predicted molar refractivity (Wildman–Crippen MR) is 60.7 cm³/mol. The number of hydrogen-bond acceptors (Lipinski definition) is 4. The molecule has 1 aromatic heterocycles. The van der Waals surface area contributed by atoms with E-state index >= 15 is 0 Å². The predicted octanol–water partition coefficient (Wildman–Crippen LogP) is 1.39. The van der Waals surface area contributed by atoms with Gasteiger partial charge in [-0.05, 0) is 33.1 Å². The van der Waals surface area contributed by atoms with Crippen LogP contribution in [0.3, 0.4) is 0 Å². The first-order valence-electron chi connectivity index (χ1n) is 5.47. The van der Waals surface area contributed by atoms with Crippen molar-refractivity contribution in [2.24, 2.45) is 5.73 Å². The van der Waals surface area contributed by atoms with Crippen molar-refractivity contribution in [1.82, 2.24) is 9.97 Å². The van der Waals surface area contributed by atoms with Crippen LogP contribution < -0.4 is 11.1 Å². The highest BCUT2D eigenvalue weighted by Gasteiger charge is 2.21. The molecule has 1 aliphatic rings. The van der Waals surface area contributed by atoms with E-state index in [1.54, 1.807) is 6.20 Å². The summed E-state index contributed by atoms with van der Waals surface area (Å²) in [5, 5.41) is 3.39. The lowest BCUT2D eigenvalue weighted by Crippen LogP contribution is -2.21. The number of anilines is 1. The van der Waals surface area contributed by atoms with Crippen molar-refractivity contribution < 1.29 is 0 Å². The fourth-order valence-electron chi connectivity index (χ4n) is 1.97. The minimum Gasteiger partial charge on any atom is -0.366 e. The number of aryl methyl sites for hydroxylation is 2. The maximum Gasteiger partial charge on any atom is 0.145 e. The van der Waals surface area contributed by atoms with E-state index < -0.39 is 0 Å². The first-order valence-corrected chi connectivity index (χ1v) is 5.47. The standard InChI is InChI=1S/C11H18N4/c1-7-8(2)14-11(6-13-7)15-10-4-3-9(12)5-10/h6,9-10H,3-5,12H2,1-2H3,(H,14,15). The fourth-order valence-corrected chi connectivity index (χ4v) is 1.97. The molecule has 2 unspecified atom stereocenters. The van der Waals surface area contributed by atoms with Gasteiger partial charge >= 0.3 is 0 Å². The number of nitrogens with two attached hydrogens (primary N) is 1. The summed E-state index contributed by atoms with van der Waals surface area (Å²) in [5.74, 6) is 0.872. The van der Waals surface area contributed by atoms with Crippen molar-refractivity contribution >= 4 is 5.82 Å². The van der Waals surface area contributed by atoms with Crippen molar-refractivity contribution in [3.8, 4) is 0 Å². The molecular weight excluding hydrogens is 188 g/mol. The molecule has 1 saturated carbocycles. The van der Waals surface area contributed by atoms with Crippen molar-refractivity contribution in [3.05, 3.63) is 17.6 Å². The summed E-state index contributed by atoms with van der Waals surface area (Å²) < 4.78 is 0. The van der Waals surface area contributed by atoms with Crippen molar-refractivity contribution in [2.75, 3.05) is 5.32 Å². The molecule has 0 aliphatic heterocycles. The van der Waals surface area contributed by atoms with E-state index in [-0.39, 0.29) is 0 Å². The number of aromatic nitrogens is 2. The lowest BCUT2D eigenvalue weighted by molar-refractivity contribution is 0.686. The third-order valence-corrected chi connectivity index (χ3v) is 3.02. The smallest absolute Gasteiger partial charge is 0.145 e. The van der Waals surface area contributed by atoms with Crippen LogP contribution in [0, 0.1) is 13.8 Å². The molecule has 4 nitrogen and oxygen atoms in total. The third kappa shape index (κ3) is 2.45.